The normalized spacial score (nSPS) is 18.9. The van der Waals surface area contributed by atoms with Crippen molar-refractivity contribution in [2.75, 3.05) is 13.1 Å². The first-order chi connectivity index (χ1) is 12.0. The molecule has 2 unspecified atom stereocenters. The van der Waals surface area contributed by atoms with Gasteiger partial charge in [0.2, 0.25) is 5.91 Å². The summed E-state index contributed by atoms with van der Waals surface area (Å²) in [6.45, 7) is 3.91. The van der Waals surface area contributed by atoms with Gasteiger partial charge in [0.15, 0.2) is 11.7 Å². The fraction of sp³-hybridized carbons (Fsp3) is 0.444. The van der Waals surface area contributed by atoms with Gasteiger partial charge in [0.05, 0.1) is 11.8 Å². The number of oxazole rings is 1. The van der Waals surface area contributed by atoms with Crippen molar-refractivity contribution in [2.24, 2.45) is 5.92 Å². The Kier molecular flexibility index (Phi) is 9.15. The van der Waals surface area contributed by atoms with Crippen LogP contribution < -0.4 is 10.6 Å². The smallest absolute Gasteiger partial charge is 0.220 e. The molecule has 0 bridgehead atoms. The van der Waals surface area contributed by atoms with E-state index in [9.17, 15) is 13.6 Å². The van der Waals surface area contributed by atoms with E-state index < -0.39 is 11.6 Å². The fourth-order valence-corrected chi connectivity index (χ4v) is 2.97. The lowest BCUT2D eigenvalue weighted by molar-refractivity contribution is -0.122. The highest BCUT2D eigenvalue weighted by Gasteiger charge is 2.22. The fourth-order valence-electron chi connectivity index (χ4n) is 2.97. The summed E-state index contributed by atoms with van der Waals surface area (Å²) in [7, 11) is 0. The van der Waals surface area contributed by atoms with Gasteiger partial charge in [-0.3, -0.25) is 4.79 Å². The van der Waals surface area contributed by atoms with E-state index in [0.717, 1.165) is 31.6 Å². The molecule has 0 aliphatic carbocycles. The van der Waals surface area contributed by atoms with Crippen LogP contribution >= 0.6 is 24.8 Å². The van der Waals surface area contributed by atoms with Crippen molar-refractivity contribution >= 4 is 30.7 Å². The zero-order valence-electron chi connectivity index (χ0n) is 14.8. The second-order valence-electron chi connectivity index (χ2n) is 6.39. The van der Waals surface area contributed by atoms with Crippen LogP contribution in [0, 0.1) is 17.6 Å². The first-order valence-electron chi connectivity index (χ1n) is 8.43. The van der Waals surface area contributed by atoms with Gasteiger partial charge >= 0.3 is 0 Å². The van der Waals surface area contributed by atoms with Crippen LogP contribution in [0.1, 0.15) is 25.7 Å². The van der Waals surface area contributed by atoms with Gasteiger partial charge in [0.1, 0.15) is 11.6 Å². The number of carbonyl (C=O) groups is 1. The van der Waals surface area contributed by atoms with E-state index >= 15 is 0 Å². The van der Waals surface area contributed by atoms with Crippen LogP contribution in [0.3, 0.4) is 0 Å². The summed E-state index contributed by atoms with van der Waals surface area (Å²) in [5.74, 6) is -0.434. The van der Waals surface area contributed by atoms with Gasteiger partial charge in [-0.25, -0.2) is 13.8 Å². The summed E-state index contributed by atoms with van der Waals surface area (Å²) in [6, 6.07) is 3.45. The van der Waals surface area contributed by atoms with Gasteiger partial charge < -0.3 is 15.1 Å². The molecule has 27 heavy (non-hydrogen) atoms. The highest BCUT2D eigenvalue weighted by molar-refractivity contribution is 5.85. The Balaban J connectivity index is 0.00000182. The molecule has 1 aliphatic heterocycles. The summed E-state index contributed by atoms with van der Waals surface area (Å²) in [6.07, 6.45) is 2.88. The highest BCUT2D eigenvalue weighted by Crippen LogP contribution is 2.24. The number of carbonyl (C=O) groups excluding carboxylic acids is 1. The van der Waals surface area contributed by atoms with E-state index in [-0.39, 0.29) is 54.5 Å². The van der Waals surface area contributed by atoms with Crippen LogP contribution in [-0.2, 0) is 11.2 Å². The quantitative estimate of drug-likeness (QED) is 0.774. The number of aromatic nitrogens is 1. The van der Waals surface area contributed by atoms with E-state index in [0.29, 0.717) is 18.2 Å². The van der Waals surface area contributed by atoms with E-state index in [1.807, 2.05) is 0 Å². The third-order valence-corrected chi connectivity index (χ3v) is 4.45. The Morgan fingerprint density at radius 3 is 2.85 bits per heavy atom. The molecule has 2 N–H and O–H groups in total. The Hall–Kier alpha value is -1.70. The molecule has 3 rings (SSSR count). The molecule has 150 valence electrons. The Morgan fingerprint density at radius 2 is 2.15 bits per heavy atom. The maximum absolute atomic E-state index is 13.8. The van der Waals surface area contributed by atoms with Gasteiger partial charge in [-0.05, 0) is 37.6 Å². The van der Waals surface area contributed by atoms with E-state index in [1.54, 1.807) is 0 Å². The molecule has 0 saturated carbocycles. The number of hydrogen-bond donors (Lipinski definition) is 2. The van der Waals surface area contributed by atoms with Gasteiger partial charge in [0, 0.05) is 24.9 Å². The first kappa shape index (κ1) is 23.3. The van der Waals surface area contributed by atoms with Gasteiger partial charge in [-0.15, -0.1) is 24.8 Å². The molecule has 1 aliphatic rings. The maximum Gasteiger partial charge on any atom is 0.220 e. The number of halogens is 4. The average Bonchev–Trinajstić information content (AvgIpc) is 3.04. The van der Waals surface area contributed by atoms with Crippen LogP contribution in [0.25, 0.3) is 11.3 Å². The molecule has 1 aromatic heterocycles. The third kappa shape index (κ3) is 6.16. The lowest BCUT2D eigenvalue weighted by Gasteiger charge is -2.30. The number of rotatable bonds is 5. The first-order valence-corrected chi connectivity index (χ1v) is 8.43. The number of amides is 1. The van der Waals surface area contributed by atoms with Crippen molar-refractivity contribution in [2.45, 2.75) is 32.2 Å². The molecule has 1 aromatic carbocycles. The molecular weight excluding hydrogens is 399 g/mol. The largest absolute Gasteiger partial charge is 0.441 e. The third-order valence-electron chi connectivity index (χ3n) is 4.45. The van der Waals surface area contributed by atoms with Crippen molar-refractivity contribution in [1.82, 2.24) is 15.6 Å². The molecule has 0 radical (unpaired) electrons. The Labute approximate surface area is 169 Å². The minimum atomic E-state index is -0.708. The molecule has 2 aromatic rings. The van der Waals surface area contributed by atoms with Gasteiger partial charge in [0.25, 0.3) is 0 Å². The lowest BCUT2D eigenvalue weighted by atomic mass is 9.95. The Bertz CT molecular complexity index is 758. The average molecular weight is 422 g/mol. The second kappa shape index (κ2) is 10.6. The summed E-state index contributed by atoms with van der Waals surface area (Å²) in [4.78, 5) is 16.2. The molecule has 1 fully saturated rings. The van der Waals surface area contributed by atoms with Crippen molar-refractivity contribution in [1.29, 1.82) is 0 Å². The molecule has 2 atom stereocenters. The summed E-state index contributed by atoms with van der Waals surface area (Å²) in [5.41, 5.74) is 0.146. The monoisotopic (exact) mass is 421 g/mol. The second-order valence-corrected chi connectivity index (χ2v) is 6.39. The number of hydrogen-bond acceptors (Lipinski definition) is 4. The number of nitrogens with zero attached hydrogens (tertiary/aromatic N) is 1. The molecular formula is C18H23Cl2F2N3O2. The number of aryl methyl sites for hydroxylation is 1. The molecule has 0 spiro atoms. The van der Waals surface area contributed by atoms with Crippen LogP contribution in [0.4, 0.5) is 8.78 Å². The number of piperidine rings is 1. The predicted molar refractivity (Wildman–Crippen MR) is 103 cm³/mol. The summed E-state index contributed by atoms with van der Waals surface area (Å²) >= 11 is 0. The molecule has 5 nitrogen and oxygen atoms in total. The molecule has 1 amide bonds. The van der Waals surface area contributed by atoms with Crippen LogP contribution in [-0.4, -0.2) is 30.0 Å². The minimum Gasteiger partial charge on any atom is -0.441 e. The summed E-state index contributed by atoms with van der Waals surface area (Å²) < 4.78 is 32.2. The van der Waals surface area contributed by atoms with E-state index in [4.69, 9.17) is 4.42 Å². The highest BCUT2D eigenvalue weighted by atomic mass is 35.5. The SMILES string of the molecule is CC1CNCCC1NC(=O)CCc1ncc(-c2ccc(F)cc2F)o1.Cl.Cl. The standard InChI is InChI=1S/C18H21F2N3O2.2ClH/c1-11-9-21-7-6-15(11)23-17(24)4-5-18-22-10-16(25-18)13-3-2-12(19)8-14(13)20;;/h2-3,8,10-11,15,21H,4-7,9H2,1H3,(H,23,24);2*1H. The summed E-state index contributed by atoms with van der Waals surface area (Å²) in [5, 5.41) is 6.33. The number of benzene rings is 1. The van der Waals surface area contributed by atoms with Crippen LogP contribution in [0.2, 0.25) is 0 Å². The minimum absolute atomic E-state index is 0. The lowest BCUT2D eigenvalue weighted by Crippen LogP contribution is -2.48. The predicted octanol–water partition coefficient (Wildman–Crippen LogP) is 3.51. The zero-order valence-corrected chi connectivity index (χ0v) is 16.5. The van der Waals surface area contributed by atoms with Gasteiger partial charge in [-0.1, -0.05) is 6.92 Å². The van der Waals surface area contributed by atoms with Crippen molar-refractivity contribution in [3.8, 4) is 11.3 Å². The van der Waals surface area contributed by atoms with Crippen LogP contribution in [0.15, 0.2) is 28.8 Å². The molecule has 1 saturated heterocycles. The van der Waals surface area contributed by atoms with Crippen molar-refractivity contribution in [3.63, 3.8) is 0 Å². The van der Waals surface area contributed by atoms with E-state index in [1.165, 1.54) is 12.3 Å². The van der Waals surface area contributed by atoms with Gasteiger partial charge in [-0.2, -0.15) is 0 Å². The van der Waals surface area contributed by atoms with Crippen LogP contribution in [0.5, 0.6) is 0 Å². The maximum atomic E-state index is 13.8. The number of nitrogens with one attached hydrogen (secondary N) is 2. The molecule has 2 heterocycles. The van der Waals surface area contributed by atoms with E-state index in [2.05, 4.69) is 22.5 Å². The molecule has 9 heteroatoms. The van der Waals surface area contributed by atoms with Crippen molar-refractivity contribution in [3.05, 3.63) is 41.9 Å². The zero-order chi connectivity index (χ0) is 17.8. The Morgan fingerprint density at radius 1 is 1.37 bits per heavy atom. The topological polar surface area (TPSA) is 67.2 Å². The van der Waals surface area contributed by atoms with Crippen molar-refractivity contribution < 1.29 is 18.0 Å².